The van der Waals surface area contributed by atoms with E-state index in [1.54, 1.807) is 24.6 Å². The number of ether oxygens (including phenoxy) is 1. The van der Waals surface area contributed by atoms with Crippen LogP contribution in [0.5, 0.6) is 5.75 Å². The lowest BCUT2D eigenvalue weighted by atomic mass is 10.2. The summed E-state index contributed by atoms with van der Waals surface area (Å²) in [5.74, 6) is 1.00. The molecule has 1 amide bonds. The number of pyridine rings is 1. The van der Waals surface area contributed by atoms with Gasteiger partial charge in [-0.15, -0.1) is 0 Å². The summed E-state index contributed by atoms with van der Waals surface area (Å²) in [5, 5.41) is 4.22. The number of amides is 1. The number of fused-ring (bicyclic) bond motifs is 1. The van der Waals surface area contributed by atoms with Crippen LogP contribution in [0.1, 0.15) is 18.7 Å². The van der Waals surface area contributed by atoms with Crippen LogP contribution in [0.15, 0.2) is 47.2 Å². The molecule has 24 heavy (non-hydrogen) atoms. The van der Waals surface area contributed by atoms with E-state index in [1.165, 1.54) is 0 Å². The van der Waals surface area contributed by atoms with Gasteiger partial charge in [0.05, 0.1) is 20.9 Å². The number of hydrogen-bond acceptors (Lipinski definition) is 4. The highest BCUT2D eigenvalue weighted by Crippen LogP contribution is 2.34. The third-order valence-corrected chi connectivity index (χ3v) is 4.56. The Morgan fingerprint density at radius 3 is 3.04 bits per heavy atom. The first-order valence-electron chi connectivity index (χ1n) is 7.24. The Morgan fingerprint density at radius 2 is 2.29 bits per heavy atom. The fraction of sp³-hybridized carbons (Fsp3) is 0.176. The lowest BCUT2D eigenvalue weighted by molar-refractivity contribution is -0.123. The molecule has 0 aliphatic rings. The maximum absolute atomic E-state index is 12.1. The second-order valence-corrected chi connectivity index (χ2v) is 6.73. The Balaban J connectivity index is 1.73. The normalized spacial score (nSPS) is 12.1. The molecule has 3 rings (SSSR count). The van der Waals surface area contributed by atoms with Gasteiger partial charge in [-0.05, 0) is 59.8 Å². The highest BCUT2D eigenvalue weighted by Gasteiger charge is 2.16. The molecule has 5 nitrogen and oxygen atoms in total. The summed E-state index contributed by atoms with van der Waals surface area (Å²) in [6.45, 7) is 1.73. The third kappa shape index (κ3) is 3.64. The van der Waals surface area contributed by atoms with Crippen LogP contribution in [-0.2, 0) is 4.79 Å². The van der Waals surface area contributed by atoms with Crippen LogP contribution in [0.4, 0.5) is 0 Å². The van der Waals surface area contributed by atoms with Crippen LogP contribution in [-0.4, -0.2) is 17.5 Å². The minimum Gasteiger partial charge on any atom is -0.480 e. The smallest absolute Gasteiger partial charge is 0.258 e. The summed E-state index contributed by atoms with van der Waals surface area (Å²) in [7, 11) is 0. The van der Waals surface area contributed by atoms with Crippen molar-refractivity contribution in [1.29, 1.82) is 0 Å². The summed E-state index contributed by atoms with van der Waals surface area (Å²) in [4.78, 5) is 16.4. The number of nitrogens with one attached hydrogen (secondary N) is 1. The molecule has 0 fully saturated rings. The fourth-order valence-electron chi connectivity index (χ4n) is 2.31. The van der Waals surface area contributed by atoms with Gasteiger partial charge in [-0.3, -0.25) is 9.78 Å². The Morgan fingerprint density at radius 1 is 1.46 bits per heavy atom. The Labute approximate surface area is 157 Å². The predicted molar refractivity (Wildman–Crippen MR) is 100 cm³/mol. The van der Waals surface area contributed by atoms with E-state index in [2.05, 4.69) is 32.9 Å². The number of rotatable bonds is 5. The van der Waals surface area contributed by atoms with Crippen LogP contribution in [0.2, 0.25) is 5.02 Å². The SMILES string of the molecule is C[C@@H](NC(=O)COc1c(I)cc(Cl)c2cccnc12)c1ccco1. The molecule has 0 saturated heterocycles. The van der Waals surface area contributed by atoms with Gasteiger partial charge in [0.2, 0.25) is 0 Å². The lowest BCUT2D eigenvalue weighted by Crippen LogP contribution is -2.31. The van der Waals surface area contributed by atoms with Crippen LogP contribution in [0.25, 0.3) is 10.9 Å². The maximum Gasteiger partial charge on any atom is 0.258 e. The summed E-state index contributed by atoms with van der Waals surface area (Å²) in [6, 6.07) is 8.84. The van der Waals surface area contributed by atoms with Gasteiger partial charge in [0, 0.05) is 11.6 Å². The molecular formula is C17H14ClIN2O3. The standard InChI is InChI=1S/C17H14ClIN2O3/c1-10(14-5-3-7-23-14)21-15(22)9-24-17-13(19)8-12(18)11-4-2-6-20-16(11)17/h2-8,10H,9H2,1H3,(H,21,22)/t10-/m1/s1. The molecule has 2 aromatic heterocycles. The van der Waals surface area contributed by atoms with Gasteiger partial charge in [0.25, 0.3) is 5.91 Å². The minimum atomic E-state index is -0.242. The van der Waals surface area contributed by atoms with E-state index >= 15 is 0 Å². The average Bonchev–Trinajstić information content (AvgIpc) is 3.09. The summed E-state index contributed by atoms with van der Waals surface area (Å²) in [5.41, 5.74) is 0.640. The molecule has 1 N–H and O–H groups in total. The van der Waals surface area contributed by atoms with Gasteiger partial charge in [-0.2, -0.15) is 0 Å². The fourth-order valence-corrected chi connectivity index (χ4v) is 3.48. The van der Waals surface area contributed by atoms with Crippen molar-refractivity contribution in [2.24, 2.45) is 0 Å². The molecule has 0 radical (unpaired) electrons. The van der Waals surface area contributed by atoms with Crippen molar-refractivity contribution in [2.45, 2.75) is 13.0 Å². The number of carbonyl (C=O) groups excluding carboxylic acids is 1. The highest BCUT2D eigenvalue weighted by atomic mass is 127. The molecule has 0 aliphatic carbocycles. The number of furan rings is 1. The van der Waals surface area contributed by atoms with Gasteiger partial charge < -0.3 is 14.5 Å². The lowest BCUT2D eigenvalue weighted by Gasteiger charge is -2.14. The quantitative estimate of drug-likeness (QED) is 0.580. The molecule has 0 spiro atoms. The summed E-state index contributed by atoms with van der Waals surface area (Å²) in [6.07, 6.45) is 3.24. The number of benzene rings is 1. The van der Waals surface area contributed by atoms with Crippen molar-refractivity contribution in [1.82, 2.24) is 10.3 Å². The van der Waals surface area contributed by atoms with Crippen LogP contribution in [0, 0.1) is 3.57 Å². The Bertz CT molecular complexity index is 868. The first-order valence-corrected chi connectivity index (χ1v) is 8.70. The number of carbonyl (C=O) groups is 1. The second-order valence-electron chi connectivity index (χ2n) is 5.16. The van der Waals surface area contributed by atoms with Crippen LogP contribution < -0.4 is 10.1 Å². The molecule has 0 bridgehead atoms. The van der Waals surface area contributed by atoms with Crippen molar-refractivity contribution in [3.05, 3.63) is 57.1 Å². The van der Waals surface area contributed by atoms with Crippen LogP contribution in [0.3, 0.4) is 0 Å². The number of nitrogens with zero attached hydrogens (tertiary/aromatic N) is 1. The van der Waals surface area contributed by atoms with Gasteiger partial charge in [0.15, 0.2) is 12.4 Å². The van der Waals surface area contributed by atoms with Crippen molar-refractivity contribution in [2.75, 3.05) is 6.61 Å². The first kappa shape index (κ1) is 17.0. The van der Waals surface area contributed by atoms with Gasteiger partial charge >= 0.3 is 0 Å². The molecule has 0 saturated carbocycles. The zero-order chi connectivity index (χ0) is 17.1. The van der Waals surface area contributed by atoms with E-state index in [-0.39, 0.29) is 18.6 Å². The van der Waals surface area contributed by atoms with E-state index in [0.717, 1.165) is 8.96 Å². The van der Waals surface area contributed by atoms with Crippen LogP contribution >= 0.6 is 34.2 Å². The van der Waals surface area contributed by atoms with Crippen molar-refractivity contribution in [3.8, 4) is 5.75 Å². The number of aromatic nitrogens is 1. The zero-order valence-electron chi connectivity index (χ0n) is 12.8. The predicted octanol–water partition coefficient (Wildman–Crippen LogP) is 4.34. The molecule has 2 heterocycles. The topological polar surface area (TPSA) is 64.4 Å². The number of hydrogen-bond donors (Lipinski definition) is 1. The Hall–Kier alpha value is -1.80. The molecule has 3 aromatic rings. The van der Waals surface area contributed by atoms with E-state index in [4.69, 9.17) is 20.8 Å². The molecule has 1 atom stereocenters. The van der Waals surface area contributed by atoms with Gasteiger partial charge in [-0.1, -0.05) is 11.6 Å². The summed E-state index contributed by atoms with van der Waals surface area (Å²) < 4.78 is 11.8. The molecule has 124 valence electrons. The van der Waals surface area contributed by atoms with Crippen molar-refractivity contribution in [3.63, 3.8) is 0 Å². The molecular weight excluding hydrogens is 443 g/mol. The zero-order valence-corrected chi connectivity index (χ0v) is 15.7. The van der Waals surface area contributed by atoms with E-state index < -0.39 is 0 Å². The van der Waals surface area contributed by atoms with E-state index in [9.17, 15) is 4.79 Å². The minimum absolute atomic E-state index is 0.117. The second kappa shape index (κ2) is 7.40. The molecule has 0 aliphatic heterocycles. The Kier molecular flexibility index (Phi) is 5.25. The van der Waals surface area contributed by atoms with E-state index in [1.807, 2.05) is 25.1 Å². The van der Waals surface area contributed by atoms with Crippen molar-refractivity contribution < 1.29 is 13.9 Å². The summed E-state index contributed by atoms with van der Waals surface area (Å²) >= 11 is 8.35. The molecule has 7 heteroatoms. The monoisotopic (exact) mass is 456 g/mol. The number of halogens is 2. The van der Waals surface area contributed by atoms with Gasteiger partial charge in [-0.25, -0.2) is 0 Å². The molecule has 1 aromatic carbocycles. The highest BCUT2D eigenvalue weighted by molar-refractivity contribution is 14.1. The van der Waals surface area contributed by atoms with Gasteiger partial charge in [0.1, 0.15) is 11.3 Å². The maximum atomic E-state index is 12.1. The first-order chi connectivity index (χ1) is 11.6. The van der Waals surface area contributed by atoms with Crippen molar-refractivity contribution >= 4 is 51.0 Å². The average molecular weight is 457 g/mol. The third-order valence-electron chi connectivity index (χ3n) is 3.45. The van der Waals surface area contributed by atoms with E-state index in [0.29, 0.717) is 22.0 Å². The molecule has 0 unspecified atom stereocenters. The largest absolute Gasteiger partial charge is 0.480 e.